The Morgan fingerprint density at radius 3 is 2.30 bits per heavy atom. The lowest BCUT2D eigenvalue weighted by Crippen LogP contribution is -2.01. The van der Waals surface area contributed by atoms with Crippen LogP contribution in [0.2, 0.25) is 0 Å². The molecule has 1 heterocycles. The summed E-state index contributed by atoms with van der Waals surface area (Å²) in [6.07, 6.45) is 0. The third kappa shape index (κ3) is 2.29. The molecule has 1 rings (SSSR count). The summed E-state index contributed by atoms with van der Waals surface area (Å²) < 4.78 is 0. The van der Waals surface area contributed by atoms with E-state index >= 15 is 0 Å². The number of hydrogen-bond donors (Lipinski definition) is 1. The first-order valence-corrected chi connectivity index (χ1v) is 3.83. The van der Waals surface area contributed by atoms with Crippen molar-refractivity contribution in [3.05, 3.63) is 21.9 Å². The maximum atomic E-state index is 5.64. The van der Waals surface area contributed by atoms with Crippen molar-refractivity contribution in [1.29, 1.82) is 0 Å². The van der Waals surface area contributed by atoms with E-state index in [1.54, 1.807) is 11.3 Å². The molecule has 1 atom stereocenters. The highest BCUT2D eigenvalue weighted by atomic mass is 35.5. The third-order valence-corrected chi connectivity index (χ3v) is 2.41. The van der Waals surface area contributed by atoms with Crippen LogP contribution in [0.5, 0.6) is 0 Å². The fraction of sp³-hybridized carbons (Fsp3) is 0.429. The van der Waals surface area contributed by atoms with Crippen molar-refractivity contribution in [1.82, 2.24) is 0 Å². The molecule has 0 saturated heterocycles. The summed E-state index contributed by atoms with van der Waals surface area (Å²) >= 11 is 1.77. The van der Waals surface area contributed by atoms with E-state index in [0.29, 0.717) is 0 Å². The molecule has 1 aromatic heterocycles. The van der Waals surface area contributed by atoms with E-state index in [-0.39, 0.29) is 18.4 Å². The maximum absolute atomic E-state index is 5.64. The first-order chi connectivity index (χ1) is 4.20. The van der Waals surface area contributed by atoms with Crippen molar-refractivity contribution >= 4 is 23.7 Å². The average molecular weight is 178 g/mol. The highest BCUT2D eigenvalue weighted by Crippen LogP contribution is 2.19. The molecule has 0 spiro atoms. The minimum Gasteiger partial charge on any atom is -0.324 e. The van der Waals surface area contributed by atoms with Gasteiger partial charge in [-0.3, -0.25) is 0 Å². The summed E-state index contributed by atoms with van der Waals surface area (Å²) in [5.74, 6) is 0. The van der Waals surface area contributed by atoms with Gasteiger partial charge in [0.15, 0.2) is 0 Å². The van der Waals surface area contributed by atoms with E-state index in [1.165, 1.54) is 9.75 Å². The number of aryl methyl sites for hydroxylation is 1. The lowest BCUT2D eigenvalue weighted by atomic mass is 10.3. The van der Waals surface area contributed by atoms with Crippen molar-refractivity contribution in [3.8, 4) is 0 Å². The van der Waals surface area contributed by atoms with Crippen molar-refractivity contribution in [3.63, 3.8) is 0 Å². The van der Waals surface area contributed by atoms with Gasteiger partial charge in [0.05, 0.1) is 0 Å². The van der Waals surface area contributed by atoms with Gasteiger partial charge in [-0.2, -0.15) is 0 Å². The standard InChI is InChI=1S/C7H11NS.ClH/c1-5-3-4-7(9-5)6(2)8;/h3-4,6H,8H2,1-2H3;1H/t6-;/m1./s1. The molecule has 1 aromatic rings. The van der Waals surface area contributed by atoms with Crippen LogP contribution in [0, 0.1) is 6.92 Å². The Hall–Kier alpha value is -0.0500. The van der Waals surface area contributed by atoms with Crippen LogP contribution in [-0.4, -0.2) is 0 Å². The van der Waals surface area contributed by atoms with Gasteiger partial charge in [0.2, 0.25) is 0 Å². The Bertz CT molecular complexity index is 195. The summed E-state index contributed by atoms with van der Waals surface area (Å²) in [6.45, 7) is 4.10. The summed E-state index contributed by atoms with van der Waals surface area (Å²) in [7, 11) is 0. The molecule has 0 radical (unpaired) electrons. The fourth-order valence-corrected chi connectivity index (χ4v) is 1.53. The first-order valence-electron chi connectivity index (χ1n) is 3.02. The summed E-state index contributed by atoms with van der Waals surface area (Å²) in [5, 5.41) is 0. The highest BCUT2D eigenvalue weighted by molar-refractivity contribution is 7.12. The summed E-state index contributed by atoms with van der Waals surface area (Å²) in [6, 6.07) is 4.39. The summed E-state index contributed by atoms with van der Waals surface area (Å²) in [4.78, 5) is 2.61. The Morgan fingerprint density at radius 2 is 2.10 bits per heavy atom. The molecular formula is C7H12ClNS. The molecule has 10 heavy (non-hydrogen) atoms. The van der Waals surface area contributed by atoms with Crippen LogP contribution in [-0.2, 0) is 0 Å². The molecule has 0 aliphatic rings. The van der Waals surface area contributed by atoms with Crippen molar-refractivity contribution in [2.24, 2.45) is 5.73 Å². The third-order valence-electron chi connectivity index (χ3n) is 1.21. The average Bonchev–Trinajstić information content (AvgIpc) is 2.14. The van der Waals surface area contributed by atoms with E-state index in [1.807, 2.05) is 6.92 Å². The van der Waals surface area contributed by atoms with Crippen LogP contribution in [0.3, 0.4) is 0 Å². The van der Waals surface area contributed by atoms with Gasteiger partial charge in [0.25, 0.3) is 0 Å². The van der Waals surface area contributed by atoms with Crippen LogP contribution >= 0.6 is 23.7 Å². The minimum absolute atomic E-state index is 0. The van der Waals surface area contributed by atoms with Crippen LogP contribution in [0.4, 0.5) is 0 Å². The molecule has 0 saturated carbocycles. The highest BCUT2D eigenvalue weighted by Gasteiger charge is 1.99. The van der Waals surface area contributed by atoms with Crippen molar-refractivity contribution in [2.75, 3.05) is 0 Å². The number of nitrogens with two attached hydrogens (primary N) is 1. The van der Waals surface area contributed by atoms with Gasteiger partial charge in [0.1, 0.15) is 0 Å². The zero-order valence-electron chi connectivity index (χ0n) is 6.13. The fourth-order valence-electron chi connectivity index (χ4n) is 0.698. The number of halogens is 1. The molecule has 2 N–H and O–H groups in total. The molecule has 1 nitrogen and oxygen atoms in total. The van der Waals surface area contributed by atoms with Crippen LogP contribution in [0.25, 0.3) is 0 Å². The number of hydrogen-bond acceptors (Lipinski definition) is 2. The van der Waals surface area contributed by atoms with Crippen LogP contribution in [0.15, 0.2) is 12.1 Å². The quantitative estimate of drug-likeness (QED) is 0.701. The summed E-state index contributed by atoms with van der Waals surface area (Å²) in [5.41, 5.74) is 5.64. The second kappa shape index (κ2) is 3.96. The molecule has 0 amide bonds. The van der Waals surface area contributed by atoms with Crippen LogP contribution < -0.4 is 5.73 Å². The van der Waals surface area contributed by atoms with E-state index in [2.05, 4.69) is 19.1 Å². The molecular weight excluding hydrogens is 166 g/mol. The second-order valence-corrected chi connectivity index (χ2v) is 3.56. The molecule has 0 aromatic carbocycles. The molecule has 0 aliphatic heterocycles. The van der Waals surface area contributed by atoms with Gasteiger partial charge in [-0.25, -0.2) is 0 Å². The smallest absolute Gasteiger partial charge is 0.0361 e. The van der Waals surface area contributed by atoms with E-state index in [0.717, 1.165) is 0 Å². The molecule has 3 heteroatoms. The second-order valence-electron chi connectivity index (χ2n) is 2.24. The predicted molar refractivity (Wildman–Crippen MR) is 48.9 cm³/mol. The minimum atomic E-state index is 0. The van der Waals surface area contributed by atoms with E-state index < -0.39 is 0 Å². The SMILES string of the molecule is Cc1ccc([C@@H](C)N)s1.Cl. The van der Waals surface area contributed by atoms with Gasteiger partial charge < -0.3 is 5.73 Å². The zero-order chi connectivity index (χ0) is 6.85. The lowest BCUT2D eigenvalue weighted by molar-refractivity contribution is 0.838. The molecule has 0 fully saturated rings. The van der Waals surface area contributed by atoms with E-state index in [4.69, 9.17) is 5.73 Å². The zero-order valence-corrected chi connectivity index (χ0v) is 7.76. The lowest BCUT2D eigenvalue weighted by Gasteiger charge is -1.97. The first kappa shape index (κ1) is 9.95. The van der Waals surface area contributed by atoms with Crippen molar-refractivity contribution in [2.45, 2.75) is 19.9 Å². The van der Waals surface area contributed by atoms with Gasteiger partial charge in [0, 0.05) is 15.8 Å². The largest absolute Gasteiger partial charge is 0.324 e. The van der Waals surface area contributed by atoms with Gasteiger partial charge >= 0.3 is 0 Å². The topological polar surface area (TPSA) is 26.0 Å². The van der Waals surface area contributed by atoms with Gasteiger partial charge in [-0.1, -0.05) is 0 Å². The molecule has 58 valence electrons. The Morgan fingerprint density at radius 1 is 1.50 bits per heavy atom. The molecule has 0 unspecified atom stereocenters. The number of thiophene rings is 1. The van der Waals surface area contributed by atoms with Crippen molar-refractivity contribution < 1.29 is 0 Å². The normalized spacial score (nSPS) is 12.3. The maximum Gasteiger partial charge on any atom is 0.0361 e. The Balaban J connectivity index is 0.000000810. The monoisotopic (exact) mass is 177 g/mol. The van der Waals surface area contributed by atoms with E-state index in [9.17, 15) is 0 Å². The van der Waals surface area contributed by atoms with Gasteiger partial charge in [-0.05, 0) is 26.0 Å². The van der Waals surface area contributed by atoms with Gasteiger partial charge in [-0.15, -0.1) is 23.7 Å². The molecule has 0 aliphatic carbocycles. The Kier molecular flexibility index (Phi) is 3.94. The van der Waals surface area contributed by atoms with Crippen LogP contribution in [0.1, 0.15) is 22.7 Å². The number of rotatable bonds is 1. The predicted octanol–water partition coefficient (Wildman–Crippen LogP) is 2.50. The Labute approximate surface area is 71.7 Å². The molecule has 0 bridgehead atoms.